The van der Waals surface area contributed by atoms with E-state index in [1.54, 1.807) is 16.8 Å². The first kappa shape index (κ1) is 18.8. The lowest BCUT2D eigenvalue weighted by Crippen LogP contribution is -2.15. The summed E-state index contributed by atoms with van der Waals surface area (Å²) in [6, 6.07) is 17.7. The van der Waals surface area contributed by atoms with Crippen LogP contribution in [-0.2, 0) is 4.79 Å². The van der Waals surface area contributed by atoms with Crippen molar-refractivity contribution in [2.75, 3.05) is 5.32 Å². The van der Waals surface area contributed by atoms with Gasteiger partial charge in [0.2, 0.25) is 5.91 Å². The van der Waals surface area contributed by atoms with Gasteiger partial charge in [-0.05, 0) is 30.5 Å². The Hall–Kier alpha value is -2.95. The topological polar surface area (TPSA) is 46.9 Å². The van der Waals surface area contributed by atoms with Crippen molar-refractivity contribution in [3.63, 3.8) is 0 Å². The summed E-state index contributed by atoms with van der Waals surface area (Å²) in [5, 5.41) is 7.52. The molecule has 1 N–H and O–H groups in total. The van der Waals surface area contributed by atoms with Crippen molar-refractivity contribution < 1.29 is 9.18 Å². The number of rotatable bonds is 7. The van der Waals surface area contributed by atoms with Gasteiger partial charge < -0.3 is 5.32 Å². The third-order valence-electron chi connectivity index (χ3n) is 4.28. The average Bonchev–Trinajstić information content (AvgIpc) is 3.06. The third-order valence-corrected chi connectivity index (χ3v) is 4.28. The van der Waals surface area contributed by atoms with Crippen LogP contribution in [0.1, 0.15) is 33.1 Å². The molecular formula is C22H24FN3O. The van der Waals surface area contributed by atoms with E-state index in [2.05, 4.69) is 24.3 Å². The molecule has 4 nitrogen and oxygen atoms in total. The number of hydrogen-bond donors (Lipinski definition) is 1. The first-order chi connectivity index (χ1) is 13.0. The van der Waals surface area contributed by atoms with E-state index in [0.29, 0.717) is 23.8 Å². The van der Waals surface area contributed by atoms with E-state index in [0.717, 1.165) is 24.1 Å². The van der Waals surface area contributed by atoms with Crippen LogP contribution in [0.15, 0.2) is 60.7 Å². The highest BCUT2D eigenvalue weighted by Gasteiger charge is 2.14. The quantitative estimate of drug-likeness (QED) is 0.606. The number of carbonyl (C=O) groups is 1. The number of benzene rings is 2. The Bertz CT molecular complexity index is 903. The highest BCUT2D eigenvalue weighted by Crippen LogP contribution is 2.25. The van der Waals surface area contributed by atoms with E-state index in [4.69, 9.17) is 0 Å². The summed E-state index contributed by atoms with van der Waals surface area (Å²) < 4.78 is 15.3. The maximum Gasteiger partial charge on any atom is 0.225 e. The summed E-state index contributed by atoms with van der Waals surface area (Å²) in [5.74, 6) is 0.695. The van der Waals surface area contributed by atoms with Gasteiger partial charge in [-0.3, -0.25) is 4.79 Å². The van der Waals surface area contributed by atoms with Gasteiger partial charge in [-0.15, -0.1) is 0 Å². The monoisotopic (exact) mass is 365 g/mol. The summed E-state index contributed by atoms with van der Waals surface area (Å²) in [6.07, 6.45) is 2.29. The van der Waals surface area contributed by atoms with Crippen LogP contribution in [0.25, 0.3) is 16.9 Å². The molecule has 1 aromatic heterocycles. The molecule has 0 radical (unpaired) electrons. The fourth-order valence-electron chi connectivity index (χ4n) is 2.90. The lowest BCUT2D eigenvalue weighted by atomic mass is 10.1. The van der Waals surface area contributed by atoms with Crippen molar-refractivity contribution in [2.24, 2.45) is 5.92 Å². The van der Waals surface area contributed by atoms with Gasteiger partial charge in [0.15, 0.2) is 0 Å². The molecule has 1 amide bonds. The molecule has 0 atom stereocenters. The van der Waals surface area contributed by atoms with Crippen molar-refractivity contribution in [3.05, 3.63) is 66.5 Å². The molecule has 0 aliphatic rings. The molecule has 140 valence electrons. The number of carbonyl (C=O) groups excluding carboxylic acids is 1. The minimum atomic E-state index is -0.349. The smallest absolute Gasteiger partial charge is 0.225 e. The molecule has 0 saturated heterocycles. The molecular weight excluding hydrogens is 341 g/mol. The van der Waals surface area contributed by atoms with Gasteiger partial charge in [0, 0.05) is 18.1 Å². The van der Waals surface area contributed by atoms with Crippen LogP contribution in [0.2, 0.25) is 0 Å². The molecule has 27 heavy (non-hydrogen) atoms. The van der Waals surface area contributed by atoms with Gasteiger partial charge in [0.05, 0.1) is 11.4 Å². The van der Waals surface area contributed by atoms with Gasteiger partial charge in [-0.2, -0.15) is 5.10 Å². The third kappa shape index (κ3) is 5.03. The fourth-order valence-corrected chi connectivity index (χ4v) is 2.90. The highest BCUT2D eigenvalue weighted by molar-refractivity contribution is 5.90. The van der Waals surface area contributed by atoms with Crippen molar-refractivity contribution in [3.8, 4) is 16.9 Å². The second-order valence-corrected chi connectivity index (χ2v) is 7.01. The zero-order chi connectivity index (χ0) is 19.2. The van der Waals surface area contributed by atoms with Crippen molar-refractivity contribution >= 4 is 11.7 Å². The van der Waals surface area contributed by atoms with Crippen LogP contribution in [0.5, 0.6) is 0 Å². The minimum Gasteiger partial charge on any atom is -0.311 e. The number of anilines is 1. The van der Waals surface area contributed by atoms with Crippen LogP contribution < -0.4 is 5.32 Å². The number of hydrogen-bond acceptors (Lipinski definition) is 2. The van der Waals surface area contributed by atoms with Gasteiger partial charge >= 0.3 is 0 Å². The van der Waals surface area contributed by atoms with Crippen molar-refractivity contribution in [1.29, 1.82) is 0 Å². The Morgan fingerprint density at radius 3 is 2.59 bits per heavy atom. The Kier molecular flexibility index (Phi) is 6.01. The molecule has 0 saturated carbocycles. The largest absolute Gasteiger partial charge is 0.311 e. The molecule has 0 aliphatic heterocycles. The van der Waals surface area contributed by atoms with Crippen LogP contribution >= 0.6 is 0 Å². The Labute approximate surface area is 159 Å². The molecule has 0 unspecified atom stereocenters. The Morgan fingerprint density at radius 2 is 1.89 bits per heavy atom. The number of nitrogens with one attached hydrogen (secondary N) is 1. The summed E-state index contributed by atoms with van der Waals surface area (Å²) in [6.45, 7) is 4.28. The van der Waals surface area contributed by atoms with Crippen LogP contribution in [0.3, 0.4) is 0 Å². The Morgan fingerprint density at radius 1 is 1.11 bits per heavy atom. The van der Waals surface area contributed by atoms with Crippen LogP contribution in [0, 0.1) is 11.7 Å². The normalized spacial score (nSPS) is 11.0. The predicted molar refractivity (Wildman–Crippen MR) is 106 cm³/mol. The van der Waals surface area contributed by atoms with E-state index >= 15 is 0 Å². The Balaban J connectivity index is 1.88. The molecule has 0 spiro atoms. The van der Waals surface area contributed by atoms with E-state index in [1.165, 1.54) is 12.1 Å². The second-order valence-electron chi connectivity index (χ2n) is 7.01. The zero-order valence-corrected chi connectivity index (χ0v) is 15.7. The number of nitrogens with zero attached hydrogens (tertiary/aromatic N) is 2. The van der Waals surface area contributed by atoms with E-state index < -0.39 is 0 Å². The molecule has 5 heteroatoms. The zero-order valence-electron chi connectivity index (χ0n) is 15.7. The summed E-state index contributed by atoms with van der Waals surface area (Å²) in [5.41, 5.74) is 2.22. The van der Waals surface area contributed by atoms with Gasteiger partial charge in [0.1, 0.15) is 11.6 Å². The maximum atomic E-state index is 13.7. The van der Waals surface area contributed by atoms with Gasteiger partial charge in [-0.25, -0.2) is 9.07 Å². The average molecular weight is 365 g/mol. The summed E-state index contributed by atoms with van der Waals surface area (Å²) in [7, 11) is 0. The SMILES string of the molecule is CC(C)CCCC(=O)Nc1cc(-c2ccccc2)nn1-c1cccc(F)c1. The number of aromatic nitrogens is 2. The van der Waals surface area contributed by atoms with Crippen molar-refractivity contribution in [2.45, 2.75) is 33.1 Å². The standard InChI is InChI=1S/C22H24FN3O/c1-16(2)8-6-13-22(27)24-21-15-20(17-9-4-3-5-10-17)25-26(21)19-12-7-11-18(23)14-19/h3-5,7,9-12,14-16H,6,8,13H2,1-2H3,(H,24,27). The molecule has 0 aliphatic carbocycles. The fraction of sp³-hybridized carbons (Fsp3) is 0.273. The molecule has 3 rings (SSSR count). The molecule has 1 heterocycles. The minimum absolute atomic E-state index is 0.0622. The predicted octanol–water partition coefficient (Wildman–Crippen LogP) is 5.44. The maximum absolute atomic E-state index is 13.7. The highest BCUT2D eigenvalue weighted by atomic mass is 19.1. The number of halogens is 1. The second kappa shape index (κ2) is 8.62. The molecule has 2 aromatic carbocycles. The lowest BCUT2D eigenvalue weighted by Gasteiger charge is -2.09. The molecule has 0 fully saturated rings. The van der Waals surface area contributed by atoms with Gasteiger partial charge in [-0.1, -0.05) is 56.7 Å². The van der Waals surface area contributed by atoms with Crippen LogP contribution in [0.4, 0.5) is 10.2 Å². The summed E-state index contributed by atoms with van der Waals surface area (Å²) >= 11 is 0. The molecule has 0 bridgehead atoms. The molecule has 3 aromatic rings. The van der Waals surface area contributed by atoms with Crippen molar-refractivity contribution in [1.82, 2.24) is 9.78 Å². The van der Waals surface area contributed by atoms with E-state index in [-0.39, 0.29) is 11.7 Å². The first-order valence-electron chi connectivity index (χ1n) is 9.24. The van der Waals surface area contributed by atoms with E-state index in [9.17, 15) is 9.18 Å². The summed E-state index contributed by atoms with van der Waals surface area (Å²) in [4.78, 5) is 12.4. The number of amides is 1. The lowest BCUT2D eigenvalue weighted by molar-refractivity contribution is -0.116. The van der Waals surface area contributed by atoms with Crippen LogP contribution in [-0.4, -0.2) is 15.7 Å². The van der Waals surface area contributed by atoms with Gasteiger partial charge in [0.25, 0.3) is 0 Å². The van der Waals surface area contributed by atoms with E-state index in [1.807, 2.05) is 36.4 Å². The first-order valence-corrected chi connectivity index (χ1v) is 9.24.